The normalized spacial score (nSPS) is 13.5. The lowest BCUT2D eigenvalue weighted by Gasteiger charge is -2.37. The number of carboxylic acid groups (broad SMARTS) is 1. The zero-order chi connectivity index (χ0) is 51.7. The van der Waals surface area contributed by atoms with Crippen LogP contribution in [0.15, 0.2) is 200 Å². The molecule has 9 rings (SSSR count). The van der Waals surface area contributed by atoms with Crippen molar-refractivity contribution in [2.24, 2.45) is 0 Å². The smallest absolute Gasteiger partial charge is 0.419 e. The van der Waals surface area contributed by atoms with E-state index in [1.165, 1.54) is 4.57 Å². The Kier molecular flexibility index (Phi) is 15.5. The molecule has 74 heavy (non-hydrogen) atoms. The van der Waals surface area contributed by atoms with Crippen LogP contribution in [0.4, 0.5) is 9.59 Å². The molecule has 0 saturated heterocycles. The summed E-state index contributed by atoms with van der Waals surface area (Å²) in [7, 11) is 0. The second-order valence-corrected chi connectivity index (χ2v) is 19.5. The van der Waals surface area contributed by atoms with E-state index in [1.807, 2.05) is 176 Å². The van der Waals surface area contributed by atoms with Crippen LogP contribution in [0.1, 0.15) is 65.6 Å². The molecule has 1 aliphatic rings. The van der Waals surface area contributed by atoms with Crippen molar-refractivity contribution < 1.29 is 38.5 Å². The van der Waals surface area contributed by atoms with Crippen molar-refractivity contribution in [2.45, 2.75) is 68.9 Å². The molecule has 1 heterocycles. The number of aliphatic carboxylic acids is 1. The van der Waals surface area contributed by atoms with Crippen LogP contribution in [0.3, 0.4) is 0 Å². The Balaban J connectivity index is 0.991. The third-order valence-corrected chi connectivity index (χ3v) is 13.4. The molecule has 4 N–H and O–H groups in total. The summed E-state index contributed by atoms with van der Waals surface area (Å²) in [5, 5.41) is 20.9. The Labute approximate surface area is 431 Å². The van der Waals surface area contributed by atoms with Gasteiger partial charge < -0.3 is 30.0 Å². The topological polar surface area (TPSA) is 157 Å². The number of carboxylic acids is 1. The first-order valence-corrected chi connectivity index (χ1v) is 24.9. The van der Waals surface area contributed by atoms with E-state index in [2.05, 4.69) is 28.1 Å². The van der Waals surface area contributed by atoms with E-state index in [9.17, 15) is 24.3 Å². The Hall–Kier alpha value is -8.32. The maximum Gasteiger partial charge on any atom is 0.419 e. The molecule has 1 aliphatic carbocycles. The average Bonchev–Trinajstić information content (AvgIpc) is 3.95. The van der Waals surface area contributed by atoms with E-state index in [-0.39, 0.29) is 32.1 Å². The fourth-order valence-corrected chi connectivity index (χ4v) is 9.97. The fraction of sp³-hybridized carbons (Fsp3) is 0.226. The Morgan fingerprint density at radius 1 is 0.622 bits per heavy atom. The number of aromatic nitrogens is 1. The second kappa shape index (κ2) is 22.6. The lowest BCUT2D eigenvalue weighted by Crippen LogP contribution is -2.55. The Morgan fingerprint density at radius 3 is 1.69 bits per heavy atom. The third-order valence-electron chi connectivity index (χ3n) is 13.4. The van der Waals surface area contributed by atoms with Gasteiger partial charge in [0, 0.05) is 36.5 Å². The molecule has 0 aliphatic heterocycles. The van der Waals surface area contributed by atoms with Gasteiger partial charge in [-0.25, -0.2) is 9.59 Å². The first-order chi connectivity index (χ1) is 35.9. The molecule has 2 amide bonds. The summed E-state index contributed by atoms with van der Waals surface area (Å²) in [5.74, 6) is -1.91. The summed E-state index contributed by atoms with van der Waals surface area (Å²) < 4.78 is 20.1. The molecule has 8 aromatic rings. The highest BCUT2D eigenvalue weighted by Crippen LogP contribution is 2.45. The standard InChI is InChI=1S/C62H60N4O8/c1-61(2,3)74-60(71)66-39-43(48-30-20-21-35-56(48)66)37-54(65-59(70)72-40-53-51-33-18-16-31-49(51)50-32-17-19-34-52(50)53)57(67)63-38-47(36-42-22-8-4-9-23-42)64-55(58(68)69)41-73-62(44-24-10-5-11-25-44,45-26-12-6-13-27-45)46-28-14-7-15-29-46/h4-35,39,47,53-55,64H,36-38,40-41H2,1-3H3,(H,63,67)(H,65,70)(H,68,69)/t47-,54-,55-/m0/s1. The van der Waals surface area contributed by atoms with E-state index in [4.69, 9.17) is 14.2 Å². The van der Waals surface area contributed by atoms with E-state index in [0.29, 0.717) is 22.9 Å². The van der Waals surface area contributed by atoms with Gasteiger partial charge >= 0.3 is 18.2 Å². The van der Waals surface area contributed by atoms with Crippen molar-refractivity contribution >= 4 is 35.0 Å². The fourth-order valence-electron chi connectivity index (χ4n) is 9.97. The Bertz CT molecular complexity index is 3070. The van der Waals surface area contributed by atoms with Gasteiger partial charge in [0.25, 0.3) is 0 Å². The highest BCUT2D eigenvalue weighted by Gasteiger charge is 2.39. The van der Waals surface area contributed by atoms with Crippen molar-refractivity contribution in [3.05, 3.63) is 239 Å². The van der Waals surface area contributed by atoms with Crippen LogP contribution in [-0.4, -0.2) is 77.2 Å². The summed E-state index contributed by atoms with van der Waals surface area (Å²) >= 11 is 0. The van der Waals surface area contributed by atoms with Crippen LogP contribution in [0.2, 0.25) is 0 Å². The number of carbonyl (C=O) groups excluding carboxylic acids is 3. The van der Waals surface area contributed by atoms with Crippen molar-refractivity contribution in [1.29, 1.82) is 0 Å². The molecule has 12 heteroatoms. The molecule has 0 saturated carbocycles. The lowest BCUT2D eigenvalue weighted by atomic mass is 9.80. The van der Waals surface area contributed by atoms with Crippen LogP contribution in [0, 0.1) is 0 Å². The minimum atomic E-state index is -1.25. The molecular formula is C62H60N4O8. The number of hydrogen-bond acceptors (Lipinski definition) is 8. The monoisotopic (exact) mass is 988 g/mol. The summed E-state index contributed by atoms with van der Waals surface area (Å²) in [6.45, 7) is 5.08. The Morgan fingerprint density at radius 2 is 1.14 bits per heavy atom. The molecule has 12 nitrogen and oxygen atoms in total. The van der Waals surface area contributed by atoms with Crippen LogP contribution in [0.5, 0.6) is 0 Å². The largest absolute Gasteiger partial charge is 0.480 e. The number of nitrogens with zero attached hydrogens (tertiary/aromatic N) is 1. The van der Waals surface area contributed by atoms with E-state index in [1.54, 1.807) is 33.0 Å². The molecule has 0 fully saturated rings. The van der Waals surface area contributed by atoms with Gasteiger partial charge in [0.05, 0.1) is 12.1 Å². The second-order valence-electron chi connectivity index (χ2n) is 19.5. The van der Waals surface area contributed by atoms with Crippen LogP contribution >= 0.6 is 0 Å². The highest BCUT2D eigenvalue weighted by atomic mass is 16.6. The van der Waals surface area contributed by atoms with Crippen molar-refractivity contribution in [3.8, 4) is 11.1 Å². The maximum absolute atomic E-state index is 14.8. The zero-order valence-electron chi connectivity index (χ0n) is 41.6. The van der Waals surface area contributed by atoms with E-state index < -0.39 is 53.4 Å². The number of fused-ring (bicyclic) bond motifs is 4. The predicted octanol–water partition coefficient (Wildman–Crippen LogP) is 10.7. The molecule has 0 unspecified atom stereocenters. The van der Waals surface area contributed by atoms with Gasteiger partial charge in [0.2, 0.25) is 5.91 Å². The predicted molar refractivity (Wildman–Crippen MR) is 286 cm³/mol. The molecule has 3 atom stereocenters. The van der Waals surface area contributed by atoms with Gasteiger partial charge in [0.15, 0.2) is 0 Å². The van der Waals surface area contributed by atoms with Gasteiger partial charge in [0.1, 0.15) is 29.9 Å². The summed E-state index contributed by atoms with van der Waals surface area (Å²) in [5.41, 5.74) is 6.80. The summed E-state index contributed by atoms with van der Waals surface area (Å²) in [4.78, 5) is 55.8. The molecule has 0 spiro atoms. The zero-order valence-corrected chi connectivity index (χ0v) is 41.6. The van der Waals surface area contributed by atoms with E-state index in [0.717, 1.165) is 44.5 Å². The van der Waals surface area contributed by atoms with Gasteiger partial charge in [-0.3, -0.25) is 19.5 Å². The van der Waals surface area contributed by atoms with Gasteiger partial charge in [-0.05, 0) is 83.3 Å². The maximum atomic E-state index is 14.8. The molecular weight excluding hydrogens is 929 g/mol. The summed E-state index contributed by atoms with van der Waals surface area (Å²) in [6, 6.07) is 59.0. The number of nitrogens with one attached hydrogen (secondary N) is 3. The molecule has 7 aromatic carbocycles. The average molecular weight is 989 g/mol. The number of ether oxygens (including phenoxy) is 3. The first kappa shape index (κ1) is 50.6. The van der Waals surface area contributed by atoms with E-state index >= 15 is 0 Å². The van der Waals surface area contributed by atoms with Crippen molar-refractivity contribution in [2.75, 3.05) is 19.8 Å². The number of benzene rings is 7. The number of alkyl carbamates (subject to hydrolysis) is 1. The number of para-hydroxylation sites is 1. The van der Waals surface area contributed by atoms with Gasteiger partial charge in [-0.1, -0.05) is 188 Å². The minimum Gasteiger partial charge on any atom is -0.480 e. The van der Waals surface area contributed by atoms with Gasteiger partial charge in [-0.2, -0.15) is 0 Å². The SMILES string of the molecule is CC(C)(C)OC(=O)n1cc(C[C@H](NC(=O)OCC2c3ccccc3-c3ccccc32)C(=O)NC[C@H](Cc2ccccc2)N[C@@H](COC(c2ccccc2)(c2ccccc2)c2ccccc2)C(=O)O)c2ccccc21. The molecule has 0 radical (unpaired) electrons. The van der Waals surface area contributed by atoms with Crippen molar-refractivity contribution in [3.63, 3.8) is 0 Å². The molecule has 1 aromatic heterocycles. The first-order valence-electron chi connectivity index (χ1n) is 24.9. The number of carbonyl (C=O) groups is 4. The quantitative estimate of drug-likeness (QED) is 0.0579. The van der Waals surface area contributed by atoms with Crippen molar-refractivity contribution in [1.82, 2.24) is 20.5 Å². The lowest BCUT2D eigenvalue weighted by molar-refractivity contribution is -0.142. The van der Waals surface area contributed by atoms with Crippen LogP contribution in [-0.2, 0) is 42.2 Å². The third kappa shape index (κ3) is 11.5. The number of rotatable bonds is 19. The summed E-state index contributed by atoms with van der Waals surface area (Å²) in [6.07, 6.45) is 0.542. The number of hydrogen-bond donors (Lipinski definition) is 4. The molecule has 0 bridgehead atoms. The number of amides is 2. The van der Waals surface area contributed by atoms with Crippen LogP contribution in [0.25, 0.3) is 22.0 Å². The highest BCUT2D eigenvalue weighted by molar-refractivity contribution is 5.93. The minimum absolute atomic E-state index is 0.0218. The molecule has 376 valence electrons. The van der Waals surface area contributed by atoms with Crippen LogP contribution < -0.4 is 16.0 Å². The van der Waals surface area contributed by atoms with Gasteiger partial charge in [-0.15, -0.1) is 0 Å².